The molecule has 7 heteroatoms. The molecule has 0 bridgehead atoms. The van der Waals surface area contributed by atoms with Crippen LogP contribution < -0.4 is 9.80 Å². The Morgan fingerprint density at radius 3 is 2.33 bits per heavy atom. The number of benzene rings is 5. The maximum Gasteiger partial charge on any atom is 0.135 e. The minimum atomic E-state index is 0. The third kappa shape index (κ3) is 4.60. The molecule has 8 aromatic rings. The summed E-state index contributed by atoms with van der Waals surface area (Å²) in [7, 11) is 2.03. The van der Waals surface area contributed by atoms with Crippen molar-refractivity contribution in [3.63, 3.8) is 0 Å². The van der Waals surface area contributed by atoms with E-state index in [9.17, 15) is 0 Å². The molecule has 46 heavy (non-hydrogen) atoms. The van der Waals surface area contributed by atoms with Crippen LogP contribution in [0, 0.1) is 18.8 Å². The van der Waals surface area contributed by atoms with Gasteiger partial charge in [0.1, 0.15) is 5.82 Å². The summed E-state index contributed by atoms with van der Waals surface area (Å²) in [4.78, 5) is 11.2. The fraction of sp³-hybridized carbons (Fsp3) is 0.0256. The molecule has 0 saturated carbocycles. The van der Waals surface area contributed by atoms with Gasteiger partial charge in [0.15, 0.2) is 0 Å². The van der Waals surface area contributed by atoms with Crippen molar-refractivity contribution in [2.45, 2.75) is 0 Å². The molecule has 0 radical (unpaired) electrons. The first-order chi connectivity index (χ1) is 22.2. The van der Waals surface area contributed by atoms with Crippen LogP contribution in [0.1, 0.15) is 0 Å². The number of pyridine rings is 1. The number of fused-ring (bicyclic) bond motifs is 6. The van der Waals surface area contributed by atoms with Crippen LogP contribution in [-0.4, -0.2) is 21.5 Å². The molecular formula is C39H26N5PtS-3. The van der Waals surface area contributed by atoms with E-state index >= 15 is 0 Å². The van der Waals surface area contributed by atoms with E-state index in [4.69, 9.17) is 4.98 Å². The van der Waals surface area contributed by atoms with Gasteiger partial charge < -0.3 is 19.3 Å². The third-order valence-corrected chi connectivity index (χ3v) is 9.57. The monoisotopic (exact) mass is 791 g/mol. The van der Waals surface area contributed by atoms with E-state index in [-0.39, 0.29) is 21.1 Å². The van der Waals surface area contributed by atoms with Crippen molar-refractivity contribution in [3.05, 3.63) is 153 Å². The van der Waals surface area contributed by atoms with Crippen molar-refractivity contribution in [3.8, 4) is 5.82 Å². The van der Waals surface area contributed by atoms with Crippen molar-refractivity contribution in [1.29, 1.82) is 0 Å². The number of thiophene rings is 1. The van der Waals surface area contributed by atoms with Gasteiger partial charge in [-0.05, 0) is 55.2 Å². The summed E-state index contributed by atoms with van der Waals surface area (Å²) in [5.74, 6) is 0.865. The quantitative estimate of drug-likeness (QED) is 0.162. The zero-order valence-corrected chi connectivity index (χ0v) is 27.8. The van der Waals surface area contributed by atoms with Crippen molar-refractivity contribution < 1.29 is 21.1 Å². The second-order valence-electron chi connectivity index (χ2n) is 11.1. The van der Waals surface area contributed by atoms with Crippen molar-refractivity contribution in [1.82, 2.24) is 14.5 Å². The molecular weight excluding hydrogens is 766 g/mol. The molecule has 226 valence electrons. The van der Waals surface area contributed by atoms with Crippen LogP contribution >= 0.6 is 11.3 Å². The molecule has 3 aromatic heterocycles. The molecule has 0 spiro atoms. The third-order valence-electron chi connectivity index (χ3n) is 8.36. The number of nitrogens with zero attached hydrogens (tertiary/aromatic N) is 5. The average molecular weight is 792 g/mol. The van der Waals surface area contributed by atoms with Gasteiger partial charge in [-0.1, -0.05) is 71.5 Å². The summed E-state index contributed by atoms with van der Waals surface area (Å²) in [5.41, 5.74) is 6.01. The van der Waals surface area contributed by atoms with Gasteiger partial charge in [0.25, 0.3) is 0 Å². The standard InChI is InChI=1S/C39H26N5S.Pt/c1-41-22-23-42(26-41)27-10-8-11-28(24-27)43(35-16-9-14-33-32-13-3-5-17-37(32)45-39(33)35)29-19-20-31-30-12-2-4-15-34(30)44(36(31)25-29)38-18-6-7-21-40-38;/h2-23,26H,1H3;/q-3;. The van der Waals surface area contributed by atoms with Gasteiger partial charge in [0, 0.05) is 48.3 Å². The Morgan fingerprint density at radius 2 is 1.48 bits per heavy atom. The fourth-order valence-electron chi connectivity index (χ4n) is 6.35. The van der Waals surface area contributed by atoms with Gasteiger partial charge in [-0.3, -0.25) is 0 Å². The predicted molar refractivity (Wildman–Crippen MR) is 188 cm³/mol. The van der Waals surface area contributed by atoms with Crippen molar-refractivity contribution in [2.75, 3.05) is 16.8 Å². The van der Waals surface area contributed by atoms with Crippen molar-refractivity contribution in [2.24, 2.45) is 0 Å². The molecule has 0 fully saturated rings. The molecule has 0 amide bonds. The second kappa shape index (κ2) is 11.5. The zero-order chi connectivity index (χ0) is 29.9. The summed E-state index contributed by atoms with van der Waals surface area (Å²) >= 11 is 1.82. The maximum absolute atomic E-state index is 4.74. The molecule has 5 nitrogen and oxygen atoms in total. The van der Waals surface area contributed by atoms with Gasteiger partial charge in [0.05, 0.1) is 10.4 Å². The Hall–Kier alpha value is -4.90. The van der Waals surface area contributed by atoms with Crippen LogP contribution in [0.25, 0.3) is 47.8 Å². The maximum atomic E-state index is 4.74. The van der Waals surface area contributed by atoms with Crippen LogP contribution in [0.4, 0.5) is 22.7 Å². The average Bonchev–Trinajstić information content (AvgIpc) is 3.79. The van der Waals surface area contributed by atoms with E-state index < -0.39 is 0 Å². The number of rotatable bonds is 5. The smallest absolute Gasteiger partial charge is 0.135 e. The molecule has 0 unspecified atom stereocenters. The summed E-state index contributed by atoms with van der Waals surface area (Å²) in [6.45, 7) is 2.05. The Bertz CT molecular complexity index is 2410. The van der Waals surface area contributed by atoms with Crippen LogP contribution in [0.2, 0.25) is 0 Å². The first kappa shape index (κ1) is 28.6. The molecule has 9 rings (SSSR count). The van der Waals surface area contributed by atoms with Gasteiger partial charge in [0.2, 0.25) is 0 Å². The van der Waals surface area contributed by atoms with E-state index in [1.54, 1.807) is 0 Å². The molecule has 0 saturated heterocycles. The Morgan fingerprint density at radius 1 is 0.696 bits per heavy atom. The molecule has 0 aliphatic carbocycles. The van der Waals surface area contributed by atoms with Crippen molar-refractivity contribution >= 4 is 76.1 Å². The first-order valence-corrected chi connectivity index (χ1v) is 15.7. The minimum absolute atomic E-state index is 0. The predicted octanol–water partition coefficient (Wildman–Crippen LogP) is 9.96. The molecule has 1 aliphatic rings. The molecule has 0 atom stereocenters. The summed E-state index contributed by atoms with van der Waals surface area (Å²) in [6, 6.07) is 48.1. The van der Waals surface area contributed by atoms with Crippen LogP contribution in [0.3, 0.4) is 0 Å². The Balaban J connectivity index is 0.00000312. The van der Waals surface area contributed by atoms with Gasteiger partial charge in [-0.25, -0.2) is 4.98 Å². The van der Waals surface area contributed by atoms with Crippen LogP contribution in [0.5, 0.6) is 0 Å². The molecule has 4 heterocycles. The Labute approximate surface area is 285 Å². The van der Waals surface area contributed by atoms with E-state index in [1.165, 1.54) is 25.6 Å². The van der Waals surface area contributed by atoms with Gasteiger partial charge in [-0.2, -0.15) is 18.8 Å². The minimum Gasteiger partial charge on any atom is -0.510 e. The SMILES string of the molecule is CN1C=CN(c2[c-]c(N(c3[c-]c4c(cc3)c3ccccc3n4-c3ccccn3)c3cccc4c3sc3ccccc34)ccc2)[CH-]1.[Pt]. The number of aromatic nitrogens is 2. The topological polar surface area (TPSA) is 27.5 Å². The van der Waals surface area contributed by atoms with Gasteiger partial charge >= 0.3 is 0 Å². The molecule has 1 aliphatic heterocycles. The molecule has 0 N–H and O–H groups in total. The second-order valence-corrected chi connectivity index (χ2v) is 12.2. The normalized spacial score (nSPS) is 12.9. The van der Waals surface area contributed by atoms with E-state index in [0.29, 0.717) is 0 Å². The summed E-state index contributed by atoms with van der Waals surface area (Å²) in [6.07, 6.45) is 5.93. The van der Waals surface area contributed by atoms with Crippen LogP contribution in [-0.2, 0) is 21.1 Å². The van der Waals surface area contributed by atoms with E-state index in [1.807, 2.05) is 47.8 Å². The summed E-state index contributed by atoms with van der Waals surface area (Å²) < 4.78 is 4.71. The first-order valence-electron chi connectivity index (χ1n) is 14.9. The van der Waals surface area contributed by atoms with E-state index in [2.05, 4.69) is 142 Å². The van der Waals surface area contributed by atoms with Crippen LogP contribution in [0.15, 0.2) is 134 Å². The number of anilines is 4. The zero-order valence-electron chi connectivity index (χ0n) is 24.7. The fourth-order valence-corrected chi connectivity index (χ4v) is 7.56. The number of hydrogen-bond donors (Lipinski definition) is 0. The number of hydrogen-bond acceptors (Lipinski definition) is 5. The van der Waals surface area contributed by atoms with Gasteiger partial charge in [-0.15, -0.1) is 52.7 Å². The number of para-hydroxylation sites is 1. The summed E-state index contributed by atoms with van der Waals surface area (Å²) in [5, 5.41) is 4.83. The van der Waals surface area contributed by atoms with E-state index in [0.717, 1.165) is 45.0 Å². The largest absolute Gasteiger partial charge is 0.510 e. The molecule has 5 aromatic carbocycles. The Kier molecular flexibility index (Phi) is 7.12.